The lowest BCUT2D eigenvalue weighted by molar-refractivity contribution is -0.140. The van der Waals surface area contributed by atoms with Crippen molar-refractivity contribution >= 4 is 17.4 Å². The number of carbonyl (C=O) groups excluding carboxylic acids is 2. The van der Waals surface area contributed by atoms with E-state index in [-0.39, 0.29) is 17.9 Å². The van der Waals surface area contributed by atoms with Crippen LogP contribution in [0.4, 0.5) is 0 Å². The molecule has 2 aliphatic heterocycles. The van der Waals surface area contributed by atoms with Crippen molar-refractivity contribution < 1.29 is 28.3 Å². The van der Waals surface area contributed by atoms with Gasteiger partial charge in [-0.2, -0.15) is 0 Å². The highest BCUT2D eigenvalue weighted by Gasteiger charge is 2.47. The van der Waals surface area contributed by atoms with Gasteiger partial charge in [-0.1, -0.05) is 0 Å². The van der Waals surface area contributed by atoms with Crippen LogP contribution in [0.25, 0.3) is 5.76 Å². The first-order chi connectivity index (χ1) is 14.5. The predicted molar refractivity (Wildman–Crippen MR) is 106 cm³/mol. The number of aliphatic hydroxyl groups is 1. The minimum Gasteiger partial charge on any atom is -0.507 e. The van der Waals surface area contributed by atoms with Gasteiger partial charge in [-0.3, -0.25) is 9.59 Å². The van der Waals surface area contributed by atoms with Crippen LogP contribution < -0.4 is 4.74 Å². The van der Waals surface area contributed by atoms with Crippen molar-refractivity contribution in [1.29, 1.82) is 0 Å². The lowest BCUT2D eigenvalue weighted by Gasteiger charge is -2.22. The van der Waals surface area contributed by atoms with Gasteiger partial charge in [0, 0.05) is 12.0 Å². The van der Waals surface area contributed by atoms with Gasteiger partial charge in [-0.05, 0) is 55.0 Å². The summed E-state index contributed by atoms with van der Waals surface area (Å²) < 4.78 is 16.6. The number of benzene rings is 1. The van der Waals surface area contributed by atoms with Crippen LogP contribution in [0.3, 0.4) is 0 Å². The molecular formula is C23H19NO6. The molecule has 0 bridgehead atoms. The number of furan rings is 2. The number of Topliss-reactive ketones (excluding diaryl/α,β-unsaturated/α-hetero) is 1. The van der Waals surface area contributed by atoms with Crippen molar-refractivity contribution in [3.63, 3.8) is 0 Å². The number of hydrogen-bond donors (Lipinski definition) is 1. The summed E-state index contributed by atoms with van der Waals surface area (Å²) in [7, 11) is 0. The van der Waals surface area contributed by atoms with Crippen LogP contribution >= 0.6 is 0 Å². The number of carbonyl (C=O) groups is 2. The molecule has 0 saturated carbocycles. The van der Waals surface area contributed by atoms with E-state index in [9.17, 15) is 14.7 Å². The van der Waals surface area contributed by atoms with Gasteiger partial charge in [0.05, 0.1) is 25.0 Å². The summed E-state index contributed by atoms with van der Waals surface area (Å²) in [5.74, 6) is 0.644. The van der Waals surface area contributed by atoms with E-state index in [0.717, 1.165) is 17.7 Å². The smallest absolute Gasteiger partial charge is 0.296 e. The number of aryl methyl sites for hydroxylation is 1. The number of amides is 1. The second kappa shape index (κ2) is 6.95. The molecule has 7 nitrogen and oxygen atoms in total. The van der Waals surface area contributed by atoms with Crippen molar-refractivity contribution in [2.24, 2.45) is 0 Å². The van der Waals surface area contributed by atoms with Crippen molar-refractivity contribution in [2.45, 2.75) is 25.9 Å². The monoisotopic (exact) mass is 405 g/mol. The first kappa shape index (κ1) is 18.3. The number of nitrogens with zero attached hydrogens (tertiary/aromatic N) is 1. The fourth-order valence-electron chi connectivity index (χ4n) is 4.00. The Morgan fingerprint density at radius 2 is 2.07 bits per heavy atom. The largest absolute Gasteiger partial charge is 0.507 e. The quantitative estimate of drug-likeness (QED) is 0.404. The zero-order valence-electron chi connectivity index (χ0n) is 16.3. The third kappa shape index (κ3) is 2.90. The Balaban J connectivity index is 1.63. The second-order valence-electron chi connectivity index (χ2n) is 7.38. The van der Waals surface area contributed by atoms with Gasteiger partial charge in [-0.25, -0.2) is 0 Å². The molecule has 7 heteroatoms. The van der Waals surface area contributed by atoms with Gasteiger partial charge in [0.1, 0.15) is 34.8 Å². The van der Waals surface area contributed by atoms with E-state index < -0.39 is 17.7 Å². The van der Waals surface area contributed by atoms with Gasteiger partial charge in [0.15, 0.2) is 0 Å². The standard InChI is InChI=1S/C23H19NO6/c1-13-4-6-18(30-13)20-19(21(25)15-5-7-17-14(11-15)8-10-29-17)22(26)23(27)24(20)12-16-3-2-9-28-16/h2-7,9,11,20,25H,8,10,12H2,1H3/b21-19-. The highest BCUT2D eigenvalue weighted by atomic mass is 16.5. The topological polar surface area (TPSA) is 93.1 Å². The molecule has 1 fully saturated rings. The third-order valence-corrected chi connectivity index (χ3v) is 5.44. The first-order valence-electron chi connectivity index (χ1n) is 9.66. The van der Waals surface area contributed by atoms with Gasteiger partial charge >= 0.3 is 0 Å². The summed E-state index contributed by atoms with van der Waals surface area (Å²) in [6, 6.07) is 11.3. The molecule has 5 rings (SSSR count). The van der Waals surface area contributed by atoms with Crippen molar-refractivity contribution in [3.8, 4) is 5.75 Å². The van der Waals surface area contributed by atoms with Crippen molar-refractivity contribution in [2.75, 3.05) is 6.61 Å². The van der Waals surface area contributed by atoms with Crippen LogP contribution in [-0.2, 0) is 22.6 Å². The first-order valence-corrected chi connectivity index (χ1v) is 9.66. The molecule has 1 aromatic carbocycles. The van der Waals surface area contributed by atoms with Crippen LogP contribution in [0.1, 0.15) is 34.4 Å². The summed E-state index contributed by atoms with van der Waals surface area (Å²) in [5.41, 5.74) is 1.41. The maximum atomic E-state index is 13.0. The molecule has 1 atom stereocenters. The molecule has 1 unspecified atom stereocenters. The molecule has 2 aromatic heterocycles. The van der Waals surface area contributed by atoms with E-state index in [1.54, 1.807) is 49.4 Å². The molecule has 4 heterocycles. The van der Waals surface area contributed by atoms with Crippen LogP contribution in [0.15, 0.2) is 63.1 Å². The number of ketones is 1. The maximum Gasteiger partial charge on any atom is 0.296 e. The minimum atomic E-state index is -0.853. The number of ether oxygens (including phenoxy) is 1. The molecule has 1 amide bonds. The SMILES string of the molecule is Cc1ccc(C2/C(=C(/O)c3ccc4c(c3)CCO4)C(=O)C(=O)N2Cc2ccco2)o1. The fraction of sp³-hybridized carbons (Fsp3) is 0.217. The van der Waals surface area contributed by atoms with E-state index in [1.807, 2.05) is 0 Å². The van der Waals surface area contributed by atoms with Crippen LogP contribution in [0.5, 0.6) is 5.75 Å². The Morgan fingerprint density at radius 1 is 1.20 bits per heavy atom. The van der Waals surface area contributed by atoms with Gasteiger partial charge in [0.25, 0.3) is 11.7 Å². The number of likely N-dealkylation sites (tertiary alicyclic amines) is 1. The van der Waals surface area contributed by atoms with E-state index in [0.29, 0.717) is 29.5 Å². The Labute approximate surface area is 172 Å². The molecular weight excluding hydrogens is 386 g/mol. The Bertz CT molecular complexity index is 1170. The summed E-state index contributed by atoms with van der Waals surface area (Å²) in [5, 5.41) is 11.1. The number of aliphatic hydroxyl groups excluding tert-OH is 1. The number of hydrogen-bond acceptors (Lipinski definition) is 6. The van der Waals surface area contributed by atoms with Crippen LogP contribution in [0.2, 0.25) is 0 Å². The molecule has 30 heavy (non-hydrogen) atoms. The van der Waals surface area contributed by atoms with E-state index in [1.165, 1.54) is 11.2 Å². The predicted octanol–water partition coefficient (Wildman–Crippen LogP) is 3.74. The van der Waals surface area contributed by atoms with E-state index in [4.69, 9.17) is 13.6 Å². The molecule has 1 N–H and O–H groups in total. The second-order valence-corrected chi connectivity index (χ2v) is 7.38. The molecule has 152 valence electrons. The summed E-state index contributed by atoms with van der Waals surface area (Å²) in [4.78, 5) is 27.2. The van der Waals surface area contributed by atoms with Crippen LogP contribution in [-0.4, -0.2) is 28.3 Å². The van der Waals surface area contributed by atoms with E-state index in [2.05, 4.69) is 0 Å². The zero-order valence-corrected chi connectivity index (χ0v) is 16.3. The molecule has 0 radical (unpaired) electrons. The molecule has 1 saturated heterocycles. The highest BCUT2D eigenvalue weighted by molar-refractivity contribution is 6.46. The highest BCUT2D eigenvalue weighted by Crippen LogP contribution is 2.41. The average Bonchev–Trinajstić information content (AvgIpc) is 3.52. The Morgan fingerprint density at radius 3 is 2.80 bits per heavy atom. The van der Waals surface area contributed by atoms with Gasteiger partial charge in [-0.15, -0.1) is 0 Å². The summed E-state index contributed by atoms with van der Waals surface area (Å²) in [6.45, 7) is 2.44. The number of rotatable bonds is 4. The number of fused-ring (bicyclic) bond motifs is 1. The lowest BCUT2D eigenvalue weighted by atomic mass is 9.98. The molecule has 3 aromatic rings. The Kier molecular flexibility index (Phi) is 4.24. The van der Waals surface area contributed by atoms with Gasteiger partial charge < -0.3 is 23.6 Å². The van der Waals surface area contributed by atoms with E-state index >= 15 is 0 Å². The fourth-order valence-corrected chi connectivity index (χ4v) is 4.00. The average molecular weight is 405 g/mol. The third-order valence-electron chi connectivity index (χ3n) is 5.44. The normalized spacial score (nSPS) is 19.9. The molecule has 0 spiro atoms. The zero-order chi connectivity index (χ0) is 20.8. The summed E-state index contributed by atoms with van der Waals surface area (Å²) >= 11 is 0. The molecule has 0 aliphatic carbocycles. The maximum absolute atomic E-state index is 13.0. The summed E-state index contributed by atoms with van der Waals surface area (Å²) in [6.07, 6.45) is 2.23. The lowest BCUT2D eigenvalue weighted by Crippen LogP contribution is -2.28. The van der Waals surface area contributed by atoms with Crippen molar-refractivity contribution in [3.05, 3.63) is 82.7 Å². The molecule has 2 aliphatic rings. The van der Waals surface area contributed by atoms with Gasteiger partial charge in [0.2, 0.25) is 0 Å². The Hall–Kier alpha value is -3.74. The van der Waals surface area contributed by atoms with Crippen molar-refractivity contribution in [1.82, 2.24) is 4.90 Å². The van der Waals surface area contributed by atoms with Crippen LogP contribution in [0, 0.1) is 6.92 Å². The minimum absolute atomic E-state index is 0.000212.